The van der Waals surface area contributed by atoms with E-state index in [0.717, 1.165) is 5.56 Å². The fourth-order valence-electron chi connectivity index (χ4n) is 3.65. The minimum atomic E-state index is -0.474. The Bertz CT molecular complexity index is 1460. The van der Waals surface area contributed by atoms with Crippen molar-refractivity contribution in [1.29, 1.82) is 0 Å². The molecule has 0 bridgehead atoms. The lowest BCUT2D eigenvalue weighted by molar-refractivity contribution is 0.0962. The van der Waals surface area contributed by atoms with Crippen LogP contribution in [0.1, 0.15) is 26.3 Å². The Morgan fingerprint density at radius 1 is 0.914 bits per heavy atom. The monoisotopic (exact) mass is 468 g/mol. The van der Waals surface area contributed by atoms with Crippen LogP contribution < -0.4 is 15.4 Å². The number of nitrogens with zero attached hydrogens (tertiary/aromatic N) is 2. The van der Waals surface area contributed by atoms with E-state index in [1.54, 1.807) is 36.4 Å². The van der Waals surface area contributed by atoms with Crippen LogP contribution in [-0.4, -0.2) is 31.1 Å². The van der Waals surface area contributed by atoms with E-state index in [2.05, 4.69) is 20.9 Å². The number of carbonyl (C=O) groups is 2. The Morgan fingerprint density at radius 2 is 1.66 bits per heavy atom. The van der Waals surface area contributed by atoms with Crippen LogP contribution in [0.15, 0.2) is 83.0 Å². The second kappa shape index (κ2) is 10.0. The fourth-order valence-corrected chi connectivity index (χ4v) is 3.65. The van der Waals surface area contributed by atoms with Gasteiger partial charge in [0.15, 0.2) is 5.75 Å². The number of phenols is 1. The van der Waals surface area contributed by atoms with E-state index in [4.69, 9.17) is 4.74 Å². The maximum absolute atomic E-state index is 13.1. The summed E-state index contributed by atoms with van der Waals surface area (Å²) in [5.74, 6) is -0.663. The Labute approximate surface area is 202 Å². The van der Waals surface area contributed by atoms with E-state index in [1.165, 1.54) is 20.2 Å². The highest BCUT2D eigenvalue weighted by Crippen LogP contribution is 2.40. The summed E-state index contributed by atoms with van der Waals surface area (Å²) < 4.78 is 5.35. The largest absolute Gasteiger partial charge is 0.505 e. The van der Waals surface area contributed by atoms with Gasteiger partial charge in [0.2, 0.25) is 0 Å². The Morgan fingerprint density at radius 3 is 2.40 bits per heavy atom. The number of nitrogens with one attached hydrogen (secondary N) is 2. The molecule has 0 aliphatic heterocycles. The molecule has 2 amide bonds. The van der Waals surface area contributed by atoms with Crippen LogP contribution in [0.5, 0.6) is 11.5 Å². The van der Waals surface area contributed by atoms with Gasteiger partial charge in [0.1, 0.15) is 17.1 Å². The zero-order chi connectivity index (χ0) is 24.9. The SMILES string of the molecule is CNC(=O)c1ccc(OC)c(/N=N/c2c(O)c(C(=O)Nc3ccccc3C)cc3ccccc23)c1. The maximum Gasteiger partial charge on any atom is 0.259 e. The number of ether oxygens (including phenoxy) is 1. The number of methoxy groups -OCH3 is 1. The van der Waals surface area contributed by atoms with Gasteiger partial charge >= 0.3 is 0 Å². The van der Waals surface area contributed by atoms with Crippen molar-refractivity contribution in [2.24, 2.45) is 10.2 Å². The molecule has 0 saturated carbocycles. The highest BCUT2D eigenvalue weighted by atomic mass is 16.5. The first-order valence-corrected chi connectivity index (χ1v) is 10.9. The molecule has 0 unspecified atom stereocenters. The molecule has 4 aromatic rings. The number of para-hydroxylation sites is 1. The van der Waals surface area contributed by atoms with Crippen LogP contribution in [0.4, 0.5) is 17.1 Å². The number of amides is 2. The third kappa shape index (κ3) is 4.81. The first-order chi connectivity index (χ1) is 16.9. The van der Waals surface area contributed by atoms with Crippen LogP contribution in [0.3, 0.4) is 0 Å². The van der Waals surface area contributed by atoms with Crippen molar-refractivity contribution in [3.63, 3.8) is 0 Å². The maximum atomic E-state index is 13.1. The molecule has 176 valence electrons. The molecule has 0 aliphatic carbocycles. The summed E-state index contributed by atoms with van der Waals surface area (Å²) in [6.45, 7) is 1.88. The molecule has 8 heteroatoms. The Balaban J connectivity index is 1.80. The van der Waals surface area contributed by atoms with Gasteiger partial charge in [-0.1, -0.05) is 42.5 Å². The van der Waals surface area contributed by atoms with Crippen LogP contribution in [0.2, 0.25) is 0 Å². The fraction of sp³-hybridized carbons (Fsp3) is 0.111. The number of carbonyl (C=O) groups excluding carboxylic acids is 2. The van der Waals surface area contributed by atoms with E-state index in [1.807, 2.05) is 37.3 Å². The topological polar surface area (TPSA) is 112 Å². The van der Waals surface area contributed by atoms with E-state index >= 15 is 0 Å². The number of anilines is 1. The van der Waals surface area contributed by atoms with E-state index in [-0.39, 0.29) is 22.9 Å². The van der Waals surface area contributed by atoms with Crippen molar-refractivity contribution < 1.29 is 19.4 Å². The number of benzene rings is 4. The summed E-state index contributed by atoms with van der Waals surface area (Å²) in [4.78, 5) is 25.2. The lowest BCUT2D eigenvalue weighted by Gasteiger charge is -2.12. The van der Waals surface area contributed by atoms with Crippen molar-refractivity contribution in [1.82, 2.24) is 5.32 Å². The smallest absolute Gasteiger partial charge is 0.259 e. The molecule has 4 rings (SSSR count). The minimum absolute atomic E-state index is 0.0620. The van der Waals surface area contributed by atoms with E-state index in [0.29, 0.717) is 33.5 Å². The molecule has 0 fully saturated rings. The number of aryl methyl sites for hydroxylation is 1. The third-order valence-corrected chi connectivity index (χ3v) is 5.56. The van der Waals surface area contributed by atoms with Gasteiger partial charge in [-0.3, -0.25) is 9.59 Å². The molecule has 4 aromatic carbocycles. The third-order valence-electron chi connectivity index (χ3n) is 5.56. The van der Waals surface area contributed by atoms with Crippen molar-refractivity contribution >= 4 is 39.6 Å². The number of phenolic OH excluding ortho intramolecular Hbond substituents is 1. The molecule has 0 saturated heterocycles. The summed E-state index contributed by atoms with van der Waals surface area (Å²) in [7, 11) is 3.02. The normalized spacial score (nSPS) is 10.9. The van der Waals surface area contributed by atoms with Crippen LogP contribution in [0, 0.1) is 6.92 Å². The predicted molar refractivity (Wildman–Crippen MR) is 135 cm³/mol. The highest BCUT2D eigenvalue weighted by Gasteiger charge is 2.19. The van der Waals surface area contributed by atoms with Gasteiger partial charge in [-0.25, -0.2) is 0 Å². The molecule has 0 radical (unpaired) electrons. The molecule has 0 heterocycles. The molecule has 0 spiro atoms. The van der Waals surface area contributed by atoms with E-state index in [9.17, 15) is 14.7 Å². The number of azo groups is 1. The van der Waals surface area contributed by atoms with Crippen molar-refractivity contribution in [3.8, 4) is 11.5 Å². The predicted octanol–water partition coefficient (Wildman–Crippen LogP) is 5.89. The number of fused-ring (bicyclic) bond motifs is 1. The molecular formula is C27H24N4O4. The first-order valence-electron chi connectivity index (χ1n) is 10.9. The van der Waals surface area contributed by atoms with Crippen LogP contribution >= 0.6 is 0 Å². The van der Waals surface area contributed by atoms with Gasteiger partial charge in [-0.2, -0.15) is 0 Å². The Hall–Kier alpha value is -4.72. The van der Waals surface area contributed by atoms with Gasteiger partial charge in [0.05, 0.1) is 12.7 Å². The van der Waals surface area contributed by atoms with Crippen LogP contribution in [-0.2, 0) is 0 Å². The lowest BCUT2D eigenvalue weighted by atomic mass is 10.0. The van der Waals surface area contributed by atoms with Gasteiger partial charge in [0.25, 0.3) is 11.8 Å². The van der Waals surface area contributed by atoms with Crippen LogP contribution in [0.25, 0.3) is 10.8 Å². The van der Waals surface area contributed by atoms with Crippen molar-refractivity contribution in [2.75, 3.05) is 19.5 Å². The highest BCUT2D eigenvalue weighted by molar-refractivity contribution is 6.12. The summed E-state index contributed by atoms with van der Waals surface area (Å²) in [5.41, 5.74) is 2.40. The minimum Gasteiger partial charge on any atom is -0.505 e. The van der Waals surface area contributed by atoms with Gasteiger partial charge in [-0.05, 0) is 48.2 Å². The first kappa shape index (κ1) is 23.4. The van der Waals surface area contributed by atoms with Crippen molar-refractivity contribution in [2.45, 2.75) is 6.92 Å². The number of hydrogen-bond acceptors (Lipinski definition) is 6. The average molecular weight is 469 g/mol. The molecular weight excluding hydrogens is 444 g/mol. The van der Waals surface area contributed by atoms with Gasteiger partial charge in [0, 0.05) is 23.7 Å². The number of rotatable bonds is 6. The second-order valence-corrected chi connectivity index (χ2v) is 7.78. The lowest BCUT2D eigenvalue weighted by Crippen LogP contribution is -2.17. The number of aromatic hydroxyl groups is 1. The number of hydrogen-bond donors (Lipinski definition) is 3. The quantitative estimate of drug-likeness (QED) is 0.306. The average Bonchev–Trinajstić information content (AvgIpc) is 2.88. The molecule has 3 N–H and O–H groups in total. The molecule has 35 heavy (non-hydrogen) atoms. The Kier molecular flexibility index (Phi) is 6.73. The van der Waals surface area contributed by atoms with Gasteiger partial charge < -0.3 is 20.5 Å². The molecule has 8 nitrogen and oxygen atoms in total. The summed E-state index contributed by atoms with van der Waals surface area (Å²) in [6, 6.07) is 21.0. The molecule has 0 aromatic heterocycles. The molecule has 0 atom stereocenters. The molecule has 0 aliphatic rings. The van der Waals surface area contributed by atoms with E-state index < -0.39 is 5.91 Å². The van der Waals surface area contributed by atoms with Gasteiger partial charge in [-0.15, -0.1) is 10.2 Å². The summed E-state index contributed by atoms with van der Waals surface area (Å²) in [5, 5.41) is 26.4. The zero-order valence-electron chi connectivity index (χ0n) is 19.5. The summed E-state index contributed by atoms with van der Waals surface area (Å²) >= 11 is 0. The van der Waals surface area contributed by atoms with Crippen molar-refractivity contribution in [3.05, 3.63) is 89.5 Å². The second-order valence-electron chi connectivity index (χ2n) is 7.78. The zero-order valence-corrected chi connectivity index (χ0v) is 19.5. The summed E-state index contributed by atoms with van der Waals surface area (Å²) in [6.07, 6.45) is 0. The standard InChI is InChI=1S/C27H24N4O4/c1-16-8-4-7-11-21(16)29-27(34)20-14-17-9-5-6-10-19(17)24(25(20)32)31-30-22-15-18(26(33)28-2)12-13-23(22)35-3/h4-15,32H,1-3H3,(H,28,33)(H,29,34)/b31-30+.